The van der Waals surface area contributed by atoms with Crippen LogP contribution in [0.4, 0.5) is 0 Å². The third-order valence-electron chi connectivity index (χ3n) is 2.26. The van der Waals surface area contributed by atoms with Crippen LogP contribution in [-0.4, -0.2) is 42.7 Å². The first-order valence-corrected chi connectivity index (χ1v) is 9.12. The maximum absolute atomic E-state index is 11.5. The first-order chi connectivity index (χ1) is 8.92. The highest BCUT2D eigenvalue weighted by Gasteiger charge is 2.08. The molecule has 104 valence electrons. The summed E-state index contributed by atoms with van der Waals surface area (Å²) < 4.78 is 38.7. The van der Waals surface area contributed by atoms with Gasteiger partial charge in [-0.25, -0.2) is 8.42 Å². The Labute approximate surface area is 115 Å². The molecule has 0 saturated carbocycles. The minimum Gasteiger partial charge on any atom is -0.491 e. The minimum absolute atomic E-state index is 0.0889. The molecule has 0 fully saturated rings. The maximum Gasteiger partial charge on any atom is 0.148 e. The van der Waals surface area contributed by atoms with E-state index in [0.29, 0.717) is 11.3 Å². The van der Waals surface area contributed by atoms with E-state index in [1.165, 1.54) is 0 Å². The highest BCUT2D eigenvalue weighted by molar-refractivity contribution is 7.92. The van der Waals surface area contributed by atoms with Gasteiger partial charge in [0.05, 0.1) is 23.7 Å². The van der Waals surface area contributed by atoms with Crippen molar-refractivity contribution in [3.63, 3.8) is 0 Å². The second-order valence-corrected chi connectivity index (χ2v) is 7.89. The van der Waals surface area contributed by atoms with Gasteiger partial charge < -0.3 is 4.74 Å². The van der Waals surface area contributed by atoms with Crippen molar-refractivity contribution in [3.05, 3.63) is 29.8 Å². The number of rotatable bonds is 7. The van der Waals surface area contributed by atoms with E-state index in [-0.39, 0.29) is 23.9 Å². The Bertz CT molecular complexity index is 590. The molecule has 1 rings (SSSR count). The van der Waals surface area contributed by atoms with Crippen molar-refractivity contribution < 1.29 is 17.4 Å². The summed E-state index contributed by atoms with van der Waals surface area (Å²) in [7, 11) is -4.32. The van der Waals surface area contributed by atoms with Gasteiger partial charge >= 0.3 is 0 Å². The predicted molar refractivity (Wildman–Crippen MR) is 74.2 cm³/mol. The molecule has 0 saturated heterocycles. The second kappa shape index (κ2) is 7.26. The van der Waals surface area contributed by atoms with Crippen LogP contribution in [0.2, 0.25) is 0 Å². The molecule has 1 aromatic rings. The van der Waals surface area contributed by atoms with Gasteiger partial charge in [0.25, 0.3) is 0 Å². The van der Waals surface area contributed by atoms with Crippen molar-refractivity contribution in [1.82, 2.24) is 0 Å². The Morgan fingerprint density at radius 2 is 2.00 bits per heavy atom. The maximum atomic E-state index is 11.5. The average molecular weight is 301 g/mol. The van der Waals surface area contributed by atoms with Gasteiger partial charge in [-0.2, -0.15) is 5.26 Å². The van der Waals surface area contributed by atoms with E-state index < -0.39 is 20.6 Å². The molecule has 0 radical (unpaired) electrons. The molecule has 7 heteroatoms. The Morgan fingerprint density at radius 3 is 2.63 bits per heavy atom. The lowest BCUT2D eigenvalue weighted by Crippen LogP contribution is -2.17. The molecule has 5 nitrogen and oxygen atoms in total. The van der Waals surface area contributed by atoms with Gasteiger partial charge in [-0.1, -0.05) is 12.1 Å². The lowest BCUT2D eigenvalue weighted by molar-refractivity contribution is 0.341. The van der Waals surface area contributed by atoms with Crippen LogP contribution in [-0.2, 0) is 20.6 Å². The molecule has 19 heavy (non-hydrogen) atoms. The number of nitriles is 1. The fourth-order valence-electron chi connectivity index (χ4n) is 1.28. The molecule has 0 amide bonds. The van der Waals surface area contributed by atoms with Crippen molar-refractivity contribution >= 4 is 20.6 Å². The molecule has 0 spiro atoms. The first kappa shape index (κ1) is 15.7. The van der Waals surface area contributed by atoms with Crippen molar-refractivity contribution in [2.75, 3.05) is 30.1 Å². The Kier molecular flexibility index (Phi) is 5.99. The fourth-order valence-corrected chi connectivity index (χ4v) is 3.70. The van der Waals surface area contributed by atoms with E-state index in [1.54, 1.807) is 24.3 Å². The standard InChI is InChI=1S/C12H15NO4S2/c1-19(15,16)9-8-18(14)7-6-17-12-5-3-2-4-11(12)10-13/h2-5H,6-9H2,1H3. The summed E-state index contributed by atoms with van der Waals surface area (Å²) in [5, 5.41) is 8.84. The van der Waals surface area contributed by atoms with Gasteiger partial charge in [-0.3, -0.25) is 4.21 Å². The number of benzene rings is 1. The van der Waals surface area contributed by atoms with Gasteiger partial charge in [0.2, 0.25) is 0 Å². The highest BCUT2D eigenvalue weighted by atomic mass is 32.2. The summed E-state index contributed by atoms with van der Waals surface area (Å²) in [5.41, 5.74) is 0.421. The van der Waals surface area contributed by atoms with Gasteiger partial charge in [-0.15, -0.1) is 0 Å². The zero-order valence-electron chi connectivity index (χ0n) is 10.5. The van der Waals surface area contributed by atoms with Gasteiger partial charge in [0.15, 0.2) is 0 Å². The van der Waals surface area contributed by atoms with Crippen LogP contribution in [0.3, 0.4) is 0 Å². The highest BCUT2D eigenvalue weighted by Crippen LogP contribution is 2.16. The van der Waals surface area contributed by atoms with Gasteiger partial charge in [0, 0.05) is 22.8 Å². The van der Waals surface area contributed by atoms with E-state index in [1.807, 2.05) is 6.07 Å². The monoisotopic (exact) mass is 301 g/mol. The van der Waals surface area contributed by atoms with Gasteiger partial charge in [0.1, 0.15) is 21.7 Å². The zero-order chi connectivity index (χ0) is 14.3. The van der Waals surface area contributed by atoms with Crippen molar-refractivity contribution in [3.8, 4) is 11.8 Å². The third-order valence-corrected chi connectivity index (χ3v) is 4.74. The van der Waals surface area contributed by atoms with Crippen molar-refractivity contribution in [2.24, 2.45) is 0 Å². The number of nitrogens with zero attached hydrogens (tertiary/aromatic N) is 1. The SMILES string of the molecule is CS(=O)(=O)CCS(=O)CCOc1ccccc1C#N. The number of para-hydroxylation sites is 1. The van der Waals surface area contributed by atoms with E-state index in [4.69, 9.17) is 10.00 Å². The van der Waals surface area contributed by atoms with Crippen LogP contribution in [0.15, 0.2) is 24.3 Å². The average Bonchev–Trinajstić information content (AvgIpc) is 2.36. The predicted octanol–water partition coefficient (Wildman–Crippen LogP) is 0.730. The molecule has 0 N–H and O–H groups in total. The summed E-state index contributed by atoms with van der Waals surface area (Å²) in [6.45, 7) is 0.190. The Balaban J connectivity index is 2.38. The molecule has 0 aliphatic rings. The smallest absolute Gasteiger partial charge is 0.148 e. The van der Waals surface area contributed by atoms with Crippen LogP contribution < -0.4 is 4.74 Å². The summed E-state index contributed by atoms with van der Waals surface area (Å²) in [6.07, 6.45) is 1.11. The first-order valence-electron chi connectivity index (χ1n) is 5.57. The summed E-state index contributed by atoms with van der Waals surface area (Å²) >= 11 is 0. The fraction of sp³-hybridized carbons (Fsp3) is 0.417. The summed E-state index contributed by atoms with van der Waals surface area (Å²) in [4.78, 5) is 0. The van der Waals surface area contributed by atoms with E-state index in [9.17, 15) is 12.6 Å². The Morgan fingerprint density at radius 1 is 1.32 bits per heavy atom. The van der Waals surface area contributed by atoms with Crippen LogP contribution in [0, 0.1) is 11.3 Å². The largest absolute Gasteiger partial charge is 0.491 e. The van der Waals surface area contributed by atoms with E-state index in [0.717, 1.165) is 6.26 Å². The van der Waals surface area contributed by atoms with E-state index in [2.05, 4.69) is 0 Å². The molecular weight excluding hydrogens is 286 g/mol. The van der Waals surface area contributed by atoms with Gasteiger partial charge in [-0.05, 0) is 12.1 Å². The molecule has 0 heterocycles. The van der Waals surface area contributed by atoms with Crippen LogP contribution in [0.1, 0.15) is 5.56 Å². The summed E-state index contributed by atoms with van der Waals surface area (Å²) in [5.74, 6) is 0.719. The topological polar surface area (TPSA) is 84.2 Å². The van der Waals surface area contributed by atoms with E-state index >= 15 is 0 Å². The zero-order valence-corrected chi connectivity index (χ0v) is 12.2. The van der Waals surface area contributed by atoms with Crippen molar-refractivity contribution in [1.29, 1.82) is 5.26 Å². The lowest BCUT2D eigenvalue weighted by Gasteiger charge is -2.07. The lowest BCUT2D eigenvalue weighted by atomic mass is 10.2. The third kappa shape index (κ3) is 6.36. The molecule has 1 aromatic carbocycles. The molecule has 0 aliphatic carbocycles. The number of hydrogen-bond donors (Lipinski definition) is 0. The normalized spacial score (nSPS) is 12.6. The summed E-state index contributed by atoms with van der Waals surface area (Å²) in [6, 6.07) is 8.78. The molecule has 1 unspecified atom stereocenters. The molecule has 0 aromatic heterocycles. The molecule has 0 aliphatic heterocycles. The number of hydrogen-bond acceptors (Lipinski definition) is 5. The van der Waals surface area contributed by atoms with Crippen LogP contribution >= 0.6 is 0 Å². The number of ether oxygens (including phenoxy) is 1. The quantitative estimate of drug-likeness (QED) is 0.741. The molecule has 0 bridgehead atoms. The van der Waals surface area contributed by atoms with Crippen molar-refractivity contribution in [2.45, 2.75) is 0 Å². The minimum atomic E-state index is -3.08. The van der Waals surface area contributed by atoms with Crippen LogP contribution in [0.5, 0.6) is 5.75 Å². The van der Waals surface area contributed by atoms with Crippen LogP contribution in [0.25, 0.3) is 0 Å². The number of sulfone groups is 1. The molecule has 1 atom stereocenters. The molecular formula is C12H15NO4S2. The Hall–Kier alpha value is -1.39. The second-order valence-electron chi connectivity index (χ2n) is 3.93.